The van der Waals surface area contributed by atoms with Crippen molar-refractivity contribution in [1.82, 2.24) is 20.1 Å². The highest BCUT2D eigenvalue weighted by Gasteiger charge is 2.12. The standard InChI is InChI=1S/C14H21N5O/c1-2-3-11(6-7-15)4-5-13-18-14(19-20-13)12-10-16-8-9-17-12/h8-11H,2-7,15H2,1H3. The summed E-state index contributed by atoms with van der Waals surface area (Å²) in [5.74, 6) is 1.79. The topological polar surface area (TPSA) is 90.7 Å². The number of aryl methyl sites for hydroxylation is 1. The maximum atomic E-state index is 5.64. The highest BCUT2D eigenvalue weighted by Crippen LogP contribution is 2.18. The molecule has 2 aromatic heterocycles. The van der Waals surface area contributed by atoms with Crippen molar-refractivity contribution in [3.05, 3.63) is 24.5 Å². The summed E-state index contributed by atoms with van der Waals surface area (Å²) < 4.78 is 5.27. The van der Waals surface area contributed by atoms with Crippen LogP contribution >= 0.6 is 0 Å². The van der Waals surface area contributed by atoms with Crippen LogP contribution in [-0.2, 0) is 6.42 Å². The van der Waals surface area contributed by atoms with E-state index in [9.17, 15) is 0 Å². The van der Waals surface area contributed by atoms with Gasteiger partial charge in [-0.2, -0.15) is 4.98 Å². The largest absolute Gasteiger partial charge is 0.339 e. The van der Waals surface area contributed by atoms with Crippen LogP contribution < -0.4 is 5.73 Å². The summed E-state index contributed by atoms with van der Waals surface area (Å²) in [6.07, 6.45) is 10.1. The lowest BCUT2D eigenvalue weighted by atomic mass is 9.94. The Bertz CT molecular complexity index is 493. The Balaban J connectivity index is 1.92. The lowest BCUT2D eigenvalue weighted by Crippen LogP contribution is -2.09. The summed E-state index contributed by atoms with van der Waals surface area (Å²) in [5.41, 5.74) is 6.28. The fraction of sp³-hybridized carbons (Fsp3) is 0.571. The molecule has 0 radical (unpaired) electrons. The summed E-state index contributed by atoms with van der Waals surface area (Å²) in [4.78, 5) is 12.5. The van der Waals surface area contributed by atoms with Crippen LogP contribution in [0.15, 0.2) is 23.1 Å². The van der Waals surface area contributed by atoms with Crippen LogP contribution in [0.1, 0.15) is 38.5 Å². The molecular weight excluding hydrogens is 254 g/mol. The predicted molar refractivity (Wildman–Crippen MR) is 75.7 cm³/mol. The molecule has 0 aromatic carbocycles. The molecule has 2 aromatic rings. The molecule has 2 N–H and O–H groups in total. The third-order valence-corrected chi connectivity index (χ3v) is 3.30. The third-order valence-electron chi connectivity index (χ3n) is 3.30. The molecule has 1 atom stereocenters. The molecule has 2 heterocycles. The first-order chi connectivity index (χ1) is 9.83. The van der Waals surface area contributed by atoms with Crippen molar-refractivity contribution in [3.63, 3.8) is 0 Å². The summed E-state index contributed by atoms with van der Waals surface area (Å²) >= 11 is 0. The van der Waals surface area contributed by atoms with E-state index in [4.69, 9.17) is 10.3 Å². The van der Waals surface area contributed by atoms with Gasteiger partial charge in [0.25, 0.3) is 0 Å². The molecule has 6 heteroatoms. The minimum absolute atomic E-state index is 0.499. The van der Waals surface area contributed by atoms with E-state index in [1.54, 1.807) is 18.6 Å². The number of aromatic nitrogens is 4. The molecule has 108 valence electrons. The Morgan fingerprint density at radius 3 is 2.85 bits per heavy atom. The van der Waals surface area contributed by atoms with Gasteiger partial charge in [-0.1, -0.05) is 24.9 Å². The Morgan fingerprint density at radius 1 is 1.25 bits per heavy atom. The fourth-order valence-electron chi connectivity index (χ4n) is 2.28. The van der Waals surface area contributed by atoms with Gasteiger partial charge in [0, 0.05) is 18.8 Å². The Labute approximate surface area is 118 Å². The van der Waals surface area contributed by atoms with Crippen molar-refractivity contribution in [1.29, 1.82) is 0 Å². The summed E-state index contributed by atoms with van der Waals surface area (Å²) in [7, 11) is 0. The van der Waals surface area contributed by atoms with Gasteiger partial charge in [-0.05, 0) is 25.3 Å². The number of nitrogens with zero attached hydrogens (tertiary/aromatic N) is 4. The molecule has 0 saturated heterocycles. The van der Waals surface area contributed by atoms with Crippen LogP contribution in [0.4, 0.5) is 0 Å². The second kappa shape index (κ2) is 7.69. The van der Waals surface area contributed by atoms with Gasteiger partial charge in [0.15, 0.2) is 0 Å². The second-order valence-electron chi connectivity index (χ2n) is 4.87. The lowest BCUT2D eigenvalue weighted by molar-refractivity contribution is 0.349. The molecule has 0 spiro atoms. The monoisotopic (exact) mass is 275 g/mol. The number of hydrogen-bond donors (Lipinski definition) is 1. The fourth-order valence-corrected chi connectivity index (χ4v) is 2.28. The maximum absolute atomic E-state index is 5.64. The number of nitrogens with two attached hydrogens (primary N) is 1. The zero-order chi connectivity index (χ0) is 14.2. The maximum Gasteiger partial charge on any atom is 0.227 e. The van der Waals surface area contributed by atoms with Gasteiger partial charge < -0.3 is 10.3 Å². The molecule has 0 fully saturated rings. The molecular formula is C14H21N5O. The smallest absolute Gasteiger partial charge is 0.227 e. The van der Waals surface area contributed by atoms with E-state index < -0.39 is 0 Å². The van der Waals surface area contributed by atoms with Crippen LogP contribution in [0.5, 0.6) is 0 Å². The van der Waals surface area contributed by atoms with Crippen LogP contribution in [0.2, 0.25) is 0 Å². The molecule has 1 unspecified atom stereocenters. The molecule has 0 aliphatic carbocycles. The van der Waals surface area contributed by atoms with Crippen molar-refractivity contribution in [2.24, 2.45) is 11.7 Å². The first kappa shape index (κ1) is 14.6. The van der Waals surface area contributed by atoms with Crippen molar-refractivity contribution in [3.8, 4) is 11.5 Å². The van der Waals surface area contributed by atoms with Crippen molar-refractivity contribution in [2.45, 2.75) is 39.0 Å². The number of rotatable bonds is 8. The van der Waals surface area contributed by atoms with E-state index in [0.29, 0.717) is 23.3 Å². The summed E-state index contributed by atoms with van der Waals surface area (Å²) in [6.45, 7) is 2.93. The van der Waals surface area contributed by atoms with E-state index in [1.165, 1.54) is 12.8 Å². The first-order valence-corrected chi connectivity index (χ1v) is 7.12. The Morgan fingerprint density at radius 2 is 2.15 bits per heavy atom. The first-order valence-electron chi connectivity index (χ1n) is 7.12. The van der Waals surface area contributed by atoms with Gasteiger partial charge in [0.2, 0.25) is 11.7 Å². The zero-order valence-corrected chi connectivity index (χ0v) is 11.8. The third kappa shape index (κ3) is 4.09. The van der Waals surface area contributed by atoms with Crippen molar-refractivity contribution in [2.75, 3.05) is 6.54 Å². The van der Waals surface area contributed by atoms with E-state index in [-0.39, 0.29) is 0 Å². The van der Waals surface area contributed by atoms with Crippen LogP contribution in [0.25, 0.3) is 11.5 Å². The van der Waals surface area contributed by atoms with Gasteiger partial charge >= 0.3 is 0 Å². The molecule has 6 nitrogen and oxygen atoms in total. The van der Waals surface area contributed by atoms with Crippen molar-refractivity contribution >= 4 is 0 Å². The molecule has 0 aliphatic rings. The second-order valence-corrected chi connectivity index (χ2v) is 4.87. The summed E-state index contributed by atoms with van der Waals surface area (Å²) in [5, 5.41) is 3.94. The highest BCUT2D eigenvalue weighted by atomic mass is 16.5. The van der Waals surface area contributed by atoms with E-state index in [0.717, 1.165) is 25.8 Å². The van der Waals surface area contributed by atoms with E-state index in [1.807, 2.05) is 0 Å². The van der Waals surface area contributed by atoms with Gasteiger partial charge in [0.1, 0.15) is 5.69 Å². The Hall–Kier alpha value is -1.82. The molecule has 0 bridgehead atoms. The van der Waals surface area contributed by atoms with Crippen molar-refractivity contribution < 1.29 is 4.52 Å². The predicted octanol–water partition coefficient (Wildman–Crippen LogP) is 2.22. The molecule has 0 saturated carbocycles. The number of hydrogen-bond acceptors (Lipinski definition) is 6. The van der Waals surface area contributed by atoms with Crippen LogP contribution in [0.3, 0.4) is 0 Å². The minimum atomic E-state index is 0.499. The van der Waals surface area contributed by atoms with Gasteiger partial charge in [-0.3, -0.25) is 4.98 Å². The van der Waals surface area contributed by atoms with Crippen LogP contribution in [0, 0.1) is 5.92 Å². The Kier molecular flexibility index (Phi) is 5.61. The molecule has 0 amide bonds. The van der Waals surface area contributed by atoms with E-state index >= 15 is 0 Å². The summed E-state index contributed by atoms with van der Waals surface area (Å²) in [6, 6.07) is 0. The van der Waals surface area contributed by atoms with Gasteiger partial charge in [-0.25, -0.2) is 4.98 Å². The average Bonchev–Trinajstić information content (AvgIpc) is 2.95. The average molecular weight is 275 g/mol. The lowest BCUT2D eigenvalue weighted by Gasteiger charge is -2.13. The molecule has 0 aliphatic heterocycles. The SMILES string of the molecule is CCCC(CCN)CCc1nc(-c2cnccn2)no1. The minimum Gasteiger partial charge on any atom is -0.339 e. The van der Waals surface area contributed by atoms with Gasteiger partial charge in [-0.15, -0.1) is 0 Å². The zero-order valence-electron chi connectivity index (χ0n) is 11.8. The molecule has 2 rings (SSSR count). The van der Waals surface area contributed by atoms with Gasteiger partial charge in [0.05, 0.1) is 6.20 Å². The quantitative estimate of drug-likeness (QED) is 0.794. The van der Waals surface area contributed by atoms with E-state index in [2.05, 4.69) is 27.0 Å². The highest BCUT2D eigenvalue weighted by molar-refractivity contribution is 5.45. The molecule has 20 heavy (non-hydrogen) atoms. The normalized spacial score (nSPS) is 12.5. The van der Waals surface area contributed by atoms with Crippen LogP contribution in [-0.4, -0.2) is 26.7 Å².